The van der Waals surface area contributed by atoms with Crippen molar-refractivity contribution < 1.29 is 4.79 Å². The van der Waals surface area contributed by atoms with Crippen LogP contribution >= 0.6 is 0 Å². The molecule has 108 valence electrons. The molecule has 3 heterocycles. The molecule has 0 aliphatic heterocycles. The lowest BCUT2D eigenvalue weighted by Crippen LogP contribution is -2.23. The van der Waals surface area contributed by atoms with Gasteiger partial charge in [0.2, 0.25) is 0 Å². The van der Waals surface area contributed by atoms with Crippen LogP contribution in [0.3, 0.4) is 0 Å². The van der Waals surface area contributed by atoms with Crippen LogP contribution in [-0.2, 0) is 6.54 Å². The number of fused-ring (bicyclic) bond motifs is 2. The van der Waals surface area contributed by atoms with Gasteiger partial charge in [-0.2, -0.15) is 5.10 Å². The Labute approximate surface area is 125 Å². The first-order valence-electron chi connectivity index (χ1n) is 6.81. The number of aromatic amines is 1. The zero-order valence-electron chi connectivity index (χ0n) is 11.5. The zero-order chi connectivity index (χ0) is 14.9. The quantitative estimate of drug-likeness (QED) is 0.599. The molecule has 1 aromatic carbocycles. The molecule has 0 aliphatic rings. The fourth-order valence-electron chi connectivity index (χ4n) is 2.36. The number of nitrogens with one attached hydrogen (secondary N) is 2. The van der Waals surface area contributed by atoms with Crippen LogP contribution in [0.25, 0.3) is 16.6 Å². The standard InChI is InChI=1S/C15H12N6O/c22-15(10-4-5-12-11(7-10)8-17-18-12)16-9-14-20-19-13-3-1-2-6-21(13)14/h1-8H,9H2,(H,16,22)(H,17,18). The fraction of sp³-hybridized carbons (Fsp3) is 0.0667. The van der Waals surface area contributed by atoms with E-state index in [0.717, 1.165) is 16.6 Å². The smallest absolute Gasteiger partial charge is 0.251 e. The number of benzene rings is 1. The molecule has 22 heavy (non-hydrogen) atoms. The Morgan fingerprint density at radius 1 is 1.23 bits per heavy atom. The van der Waals surface area contributed by atoms with E-state index in [9.17, 15) is 4.79 Å². The van der Waals surface area contributed by atoms with E-state index >= 15 is 0 Å². The van der Waals surface area contributed by atoms with Gasteiger partial charge < -0.3 is 5.32 Å². The molecule has 3 aromatic heterocycles. The molecule has 0 spiro atoms. The Balaban J connectivity index is 1.54. The maximum atomic E-state index is 12.2. The van der Waals surface area contributed by atoms with Crippen molar-refractivity contribution >= 4 is 22.5 Å². The minimum absolute atomic E-state index is 0.157. The second-order valence-corrected chi connectivity index (χ2v) is 4.90. The lowest BCUT2D eigenvalue weighted by Gasteiger charge is -2.04. The van der Waals surface area contributed by atoms with Gasteiger partial charge in [0.15, 0.2) is 11.5 Å². The SMILES string of the molecule is O=C(NCc1nnc2ccccn12)c1ccc2[nH]ncc2c1. The van der Waals surface area contributed by atoms with Crippen LogP contribution in [0.2, 0.25) is 0 Å². The van der Waals surface area contributed by atoms with Gasteiger partial charge in [0, 0.05) is 17.1 Å². The van der Waals surface area contributed by atoms with E-state index in [2.05, 4.69) is 25.7 Å². The van der Waals surface area contributed by atoms with E-state index in [1.807, 2.05) is 34.9 Å². The highest BCUT2D eigenvalue weighted by molar-refractivity contribution is 5.97. The minimum atomic E-state index is -0.157. The molecule has 7 heteroatoms. The predicted octanol–water partition coefficient (Wildman–Crippen LogP) is 1.54. The highest BCUT2D eigenvalue weighted by atomic mass is 16.1. The van der Waals surface area contributed by atoms with Gasteiger partial charge in [0.1, 0.15) is 0 Å². The van der Waals surface area contributed by atoms with Crippen LogP contribution in [0.1, 0.15) is 16.2 Å². The molecular weight excluding hydrogens is 280 g/mol. The monoisotopic (exact) mass is 292 g/mol. The summed E-state index contributed by atoms with van der Waals surface area (Å²) in [6.45, 7) is 0.313. The van der Waals surface area contributed by atoms with E-state index in [-0.39, 0.29) is 5.91 Å². The molecule has 0 aliphatic carbocycles. The number of amides is 1. The molecular formula is C15H12N6O. The van der Waals surface area contributed by atoms with Crippen molar-refractivity contribution in [2.45, 2.75) is 6.54 Å². The van der Waals surface area contributed by atoms with E-state index in [1.54, 1.807) is 18.3 Å². The fourth-order valence-corrected chi connectivity index (χ4v) is 2.36. The van der Waals surface area contributed by atoms with Gasteiger partial charge in [-0.1, -0.05) is 6.07 Å². The number of aromatic nitrogens is 5. The van der Waals surface area contributed by atoms with Gasteiger partial charge in [0.05, 0.1) is 18.3 Å². The van der Waals surface area contributed by atoms with Crippen molar-refractivity contribution in [3.8, 4) is 0 Å². The number of H-pyrrole nitrogens is 1. The molecule has 7 nitrogen and oxygen atoms in total. The van der Waals surface area contributed by atoms with Crippen molar-refractivity contribution in [1.29, 1.82) is 0 Å². The van der Waals surface area contributed by atoms with E-state index in [4.69, 9.17) is 0 Å². The number of carbonyl (C=O) groups is 1. The maximum Gasteiger partial charge on any atom is 0.251 e. The summed E-state index contributed by atoms with van der Waals surface area (Å²) in [5.41, 5.74) is 2.24. The summed E-state index contributed by atoms with van der Waals surface area (Å²) in [5, 5.41) is 18.7. The van der Waals surface area contributed by atoms with E-state index in [0.29, 0.717) is 17.9 Å². The number of pyridine rings is 1. The summed E-state index contributed by atoms with van der Waals surface area (Å²) in [6.07, 6.45) is 3.56. The van der Waals surface area contributed by atoms with Crippen LogP contribution in [-0.4, -0.2) is 30.7 Å². The number of nitrogens with zero attached hydrogens (tertiary/aromatic N) is 4. The summed E-state index contributed by atoms with van der Waals surface area (Å²) in [7, 11) is 0. The number of hydrogen-bond donors (Lipinski definition) is 2. The van der Waals surface area contributed by atoms with Gasteiger partial charge in [-0.15, -0.1) is 10.2 Å². The van der Waals surface area contributed by atoms with Crippen LogP contribution in [0.4, 0.5) is 0 Å². The molecule has 0 unspecified atom stereocenters. The first-order chi connectivity index (χ1) is 10.8. The molecule has 0 bridgehead atoms. The molecule has 0 saturated heterocycles. The molecule has 0 radical (unpaired) electrons. The average Bonchev–Trinajstić information content (AvgIpc) is 3.18. The first kappa shape index (κ1) is 12.5. The van der Waals surface area contributed by atoms with Crippen molar-refractivity contribution in [3.63, 3.8) is 0 Å². The van der Waals surface area contributed by atoms with E-state index < -0.39 is 0 Å². The molecule has 2 N–H and O–H groups in total. The predicted molar refractivity (Wildman–Crippen MR) is 80.3 cm³/mol. The summed E-state index contributed by atoms with van der Waals surface area (Å²) in [4.78, 5) is 12.2. The van der Waals surface area contributed by atoms with Gasteiger partial charge in [-0.25, -0.2) is 0 Å². The lowest BCUT2D eigenvalue weighted by atomic mass is 10.1. The number of rotatable bonds is 3. The Morgan fingerprint density at radius 2 is 2.18 bits per heavy atom. The second-order valence-electron chi connectivity index (χ2n) is 4.90. The summed E-state index contributed by atoms with van der Waals surface area (Å²) in [6, 6.07) is 11.1. The van der Waals surface area contributed by atoms with E-state index in [1.165, 1.54) is 0 Å². The highest BCUT2D eigenvalue weighted by Crippen LogP contribution is 2.13. The van der Waals surface area contributed by atoms with Crippen LogP contribution in [0, 0.1) is 0 Å². The van der Waals surface area contributed by atoms with Crippen molar-refractivity contribution in [3.05, 3.63) is 60.2 Å². The van der Waals surface area contributed by atoms with Gasteiger partial charge in [-0.3, -0.25) is 14.3 Å². The Morgan fingerprint density at radius 3 is 3.14 bits per heavy atom. The third-order valence-electron chi connectivity index (χ3n) is 3.49. The van der Waals surface area contributed by atoms with Gasteiger partial charge >= 0.3 is 0 Å². The third-order valence-corrected chi connectivity index (χ3v) is 3.49. The normalized spacial score (nSPS) is 11.1. The molecule has 0 saturated carbocycles. The Bertz CT molecular complexity index is 970. The van der Waals surface area contributed by atoms with Gasteiger partial charge in [0.25, 0.3) is 5.91 Å². The molecule has 0 atom stereocenters. The summed E-state index contributed by atoms with van der Waals surface area (Å²) >= 11 is 0. The lowest BCUT2D eigenvalue weighted by molar-refractivity contribution is 0.0950. The molecule has 0 fully saturated rings. The molecule has 4 aromatic rings. The maximum absolute atomic E-state index is 12.2. The Hall–Kier alpha value is -3.22. The van der Waals surface area contributed by atoms with Crippen molar-refractivity contribution in [2.24, 2.45) is 0 Å². The van der Waals surface area contributed by atoms with Crippen LogP contribution in [0.15, 0.2) is 48.8 Å². The minimum Gasteiger partial charge on any atom is -0.345 e. The van der Waals surface area contributed by atoms with Crippen molar-refractivity contribution in [1.82, 2.24) is 30.1 Å². The third kappa shape index (κ3) is 2.08. The largest absolute Gasteiger partial charge is 0.345 e. The van der Waals surface area contributed by atoms with Crippen molar-refractivity contribution in [2.75, 3.05) is 0 Å². The summed E-state index contributed by atoms with van der Waals surface area (Å²) < 4.78 is 1.85. The molecule has 1 amide bonds. The zero-order valence-corrected chi connectivity index (χ0v) is 11.5. The average molecular weight is 292 g/mol. The molecule has 4 rings (SSSR count). The summed E-state index contributed by atoms with van der Waals surface area (Å²) in [5.74, 6) is 0.532. The number of carbonyl (C=O) groups excluding carboxylic acids is 1. The van der Waals surface area contributed by atoms with Gasteiger partial charge in [-0.05, 0) is 30.3 Å². The topological polar surface area (TPSA) is 88.0 Å². The first-order valence-corrected chi connectivity index (χ1v) is 6.81. The second kappa shape index (κ2) is 4.96. The van der Waals surface area contributed by atoms with Crippen LogP contribution < -0.4 is 5.32 Å². The number of hydrogen-bond acceptors (Lipinski definition) is 4. The van der Waals surface area contributed by atoms with Crippen LogP contribution in [0.5, 0.6) is 0 Å². The Kier molecular flexibility index (Phi) is 2.82. The highest BCUT2D eigenvalue weighted by Gasteiger charge is 2.09.